The maximum atomic E-state index is 13.2. The standard InChI is InChI=1S/C38H36O8S/c1-2-15-34-33(27-47-46-45-31-22-13-6-14-23-31)36(41-25-28-16-7-3-8-17-28)35(44-34)24-32(43-38(40)30-20-11-5-12-21-30)26-42-37(39)29-18-9-4-10-19-29/h2-14,16-23,27,32,34-36H,1,15,24-26H2/t32-,34-,35+,36+/m0/s1. The van der Waals surface area contributed by atoms with Crippen molar-refractivity contribution in [1.29, 1.82) is 0 Å². The maximum Gasteiger partial charge on any atom is 0.338 e. The van der Waals surface area contributed by atoms with Gasteiger partial charge in [-0.2, -0.15) is 0 Å². The van der Waals surface area contributed by atoms with Crippen LogP contribution < -0.4 is 4.89 Å². The smallest absolute Gasteiger partial charge is 0.338 e. The molecule has 9 heteroatoms. The minimum Gasteiger partial charge on any atom is -0.458 e. The van der Waals surface area contributed by atoms with Crippen molar-refractivity contribution in [1.82, 2.24) is 0 Å². The van der Waals surface area contributed by atoms with Gasteiger partial charge >= 0.3 is 11.9 Å². The first kappa shape index (κ1) is 33.7. The second-order valence-electron chi connectivity index (χ2n) is 10.7. The van der Waals surface area contributed by atoms with E-state index >= 15 is 0 Å². The van der Waals surface area contributed by atoms with Crippen molar-refractivity contribution < 1.29 is 37.8 Å². The lowest BCUT2D eigenvalue weighted by Crippen LogP contribution is -2.34. The molecule has 0 saturated carbocycles. The van der Waals surface area contributed by atoms with Crippen LogP contribution in [-0.2, 0) is 29.9 Å². The molecule has 0 radical (unpaired) electrons. The Bertz CT molecular complexity index is 1580. The molecule has 0 unspecified atom stereocenters. The molecule has 1 heterocycles. The summed E-state index contributed by atoms with van der Waals surface area (Å²) in [6, 6.07) is 36.3. The Morgan fingerprint density at radius 1 is 0.809 bits per heavy atom. The molecule has 1 aliphatic heterocycles. The van der Waals surface area contributed by atoms with Crippen LogP contribution in [0.15, 0.2) is 145 Å². The number of hydrogen-bond donors (Lipinski definition) is 0. The Labute approximate surface area is 279 Å². The van der Waals surface area contributed by atoms with Gasteiger partial charge in [-0.25, -0.2) is 9.59 Å². The van der Waals surface area contributed by atoms with Crippen LogP contribution in [0.1, 0.15) is 39.1 Å². The first-order valence-electron chi connectivity index (χ1n) is 15.3. The summed E-state index contributed by atoms with van der Waals surface area (Å²) < 4.78 is 30.0. The van der Waals surface area contributed by atoms with Gasteiger partial charge in [0.05, 0.1) is 42.0 Å². The summed E-state index contributed by atoms with van der Waals surface area (Å²) in [6.07, 6.45) is 0.142. The highest BCUT2D eigenvalue weighted by molar-refractivity contribution is 7.97. The Hall–Kier alpha value is -4.67. The molecule has 242 valence electrons. The minimum atomic E-state index is -0.836. The van der Waals surface area contributed by atoms with Gasteiger partial charge in [0.1, 0.15) is 18.8 Å². The van der Waals surface area contributed by atoms with Gasteiger partial charge in [-0.3, -0.25) is 0 Å². The fourth-order valence-electron chi connectivity index (χ4n) is 5.03. The number of benzene rings is 4. The molecule has 1 saturated heterocycles. The third kappa shape index (κ3) is 10.2. The van der Waals surface area contributed by atoms with Gasteiger partial charge in [0, 0.05) is 11.8 Å². The molecule has 5 rings (SSSR count). The normalized spacial score (nSPS) is 18.7. The summed E-state index contributed by atoms with van der Waals surface area (Å²) in [4.78, 5) is 31.4. The summed E-state index contributed by atoms with van der Waals surface area (Å²) in [7, 11) is 0. The van der Waals surface area contributed by atoms with E-state index in [9.17, 15) is 9.59 Å². The lowest BCUT2D eigenvalue weighted by molar-refractivity contribution is -0.0766. The van der Waals surface area contributed by atoms with Crippen LogP contribution >= 0.6 is 12.0 Å². The molecule has 0 bridgehead atoms. The van der Waals surface area contributed by atoms with Crippen molar-refractivity contribution in [3.63, 3.8) is 0 Å². The van der Waals surface area contributed by atoms with E-state index in [1.165, 1.54) is 0 Å². The predicted octanol–water partition coefficient (Wildman–Crippen LogP) is 7.93. The monoisotopic (exact) mass is 652 g/mol. The third-order valence-electron chi connectivity index (χ3n) is 7.32. The maximum absolute atomic E-state index is 13.2. The molecule has 8 nitrogen and oxygen atoms in total. The summed E-state index contributed by atoms with van der Waals surface area (Å²) in [5, 5.41) is 1.81. The van der Waals surface area contributed by atoms with Crippen molar-refractivity contribution in [2.24, 2.45) is 0 Å². The fraction of sp³-hybridized carbons (Fsp3) is 0.211. The second kappa shape index (κ2) is 17.9. The number of para-hydroxylation sites is 1. The van der Waals surface area contributed by atoms with E-state index in [-0.39, 0.29) is 19.1 Å². The first-order valence-corrected chi connectivity index (χ1v) is 16.1. The van der Waals surface area contributed by atoms with Gasteiger partial charge < -0.3 is 23.8 Å². The molecular weight excluding hydrogens is 616 g/mol. The minimum absolute atomic E-state index is 0.175. The van der Waals surface area contributed by atoms with E-state index < -0.39 is 30.3 Å². The molecule has 0 N–H and O–H groups in total. The van der Waals surface area contributed by atoms with Gasteiger partial charge in [0.2, 0.25) is 0 Å². The SMILES string of the molecule is C=CC[C@@H]1O[C@H](C[C@@H](COC(=O)c2ccccc2)OC(=O)c2ccccc2)[C@H](OCc2ccccc2)C1=CSOOc1ccccc1. The summed E-state index contributed by atoms with van der Waals surface area (Å²) in [5.41, 5.74) is 2.58. The van der Waals surface area contributed by atoms with E-state index in [2.05, 4.69) is 6.58 Å². The van der Waals surface area contributed by atoms with Crippen molar-refractivity contribution in [3.05, 3.63) is 162 Å². The molecule has 1 fully saturated rings. The summed E-state index contributed by atoms with van der Waals surface area (Å²) in [5.74, 6) is -0.495. The molecule has 4 atom stereocenters. The molecule has 1 aliphatic rings. The first-order chi connectivity index (χ1) is 23.1. The van der Waals surface area contributed by atoms with E-state index in [0.29, 0.717) is 29.9 Å². The highest BCUT2D eigenvalue weighted by Gasteiger charge is 2.42. The van der Waals surface area contributed by atoms with Crippen LogP contribution in [0.3, 0.4) is 0 Å². The lowest BCUT2D eigenvalue weighted by atomic mass is 10.00. The van der Waals surface area contributed by atoms with Crippen molar-refractivity contribution in [2.45, 2.75) is 43.9 Å². The van der Waals surface area contributed by atoms with E-state index in [1.54, 1.807) is 66.7 Å². The van der Waals surface area contributed by atoms with Gasteiger partial charge in [0.25, 0.3) is 0 Å². The molecular formula is C38H36O8S. The van der Waals surface area contributed by atoms with Crippen LogP contribution in [-0.4, -0.2) is 43.0 Å². The molecule has 0 spiro atoms. The van der Waals surface area contributed by atoms with Crippen molar-refractivity contribution >= 4 is 24.0 Å². The second-order valence-corrected chi connectivity index (χ2v) is 11.2. The number of carbonyl (C=O) groups is 2. The number of esters is 2. The molecule has 4 aromatic rings. The van der Waals surface area contributed by atoms with Gasteiger partial charge in [-0.15, -0.1) is 10.9 Å². The zero-order chi connectivity index (χ0) is 32.7. The van der Waals surface area contributed by atoms with Crippen LogP contribution in [0, 0.1) is 0 Å². The van der Waals surface area contributed by atoms with Gasteiger partial charge in [-0.05, 0) is 54.0 Å². The Morgan fingerprint density at radius 2 is 1.40 bits per heavy atom. The largest absolute Gasteiger partial charge is 0.458 e. The molecule has 4 aromatic carbocycles. The average Bonchev–Trinajstić information content (AvgIpc) is 3.44. The van der Waals surface area contributed by atoms with Crippen LogP contribution in [0.2, 0.25) is 0 Å². The molecule has 47 heavy (non-hydrogen) atoms. The highest BCUT2D eigenvalue weighted by Crippen LogP contribution is 2.36. The van der Waals surface area contributed by atoms with Crippen LogP contribution in [0.25, 0.3) is 0 Å². The highest BCUT2D eigenvalue weighted by atomic mass is 32.2. The predicted molar refractivity (Wildman–Crippen MR) is 179 cm³/mol. The zero-order valence-corrected chi connectivity index (χ0v) is 26.5. The number of rotatable bonds is 16. The Balaban J connectivity index is 1.36. The van der Waals surface area contributed by atoms with Crippen LogP contribution in [0.4, 0.5) is 0 Å². The quantitative estimate of drug-likeness (QED) is 0.0299. The molecule has 0 aromatic heterocycles. The zero-order valence-electron chi connectivity index (χ0n) is 25.7. The van der Waals surface area contributed by atoms with E-state index in [0.717, 1.165) is 23.2 Å². The molecule has 0 amide bonds. The van der Waals surface area contributed by atoms with Crippen molar-refractivity contribution in [3.8, 4) is 5.75 Å². The third-order valence-corrected chi connectivity index (χ3v) is 7.83. The average molecular weight is 653 g/mol. The van der Waals surface area contributed by atoms with Crippen LogP contribution in [0.5, 0.6) is 5.75 Å². The Kier molecular flexibility index (Phi) is 12.8. The van der Waals surface area contributed by atoms with Gasteiger partial charge in [0.15, 0.2) is 5.75 Å². The van der Waals surface area contributed by atoms with Gasteiger partial charge in [-0.1, -0.05) is 91.0 Å². The van der Waals surface area contributed by atoms with Crippen molar-refractivity contribution in [2.75, 3.05) is 6.61 Å². The summed E-state index contributed by atoms with van der Waals surface area (Å²) >= 11 is 1.01. The number of carbonyl (C=O) groups excluding carboxylic acids is 2. The number of hydrogen-bond acceptors (Lipinski definition) is 9. The van der Waals surface area contributed by atoms with E-state index in [4.69, 9.17) is 28.2 Å². The summed E-state index contributed by atoms with van der Waals surface area (Å²) in [6.45, 7) is 4.05. The molecule has 0 aliphatic carbocycles. The Morgan fingerprint density at radius 3 is 2.04 bits per heavy atom. The topological polar surface area (TPSA) is 89.5 Å². The fourth-order valence-corrected chi connectivity index (χ4v) is 5.58. The number of ether oxygens (including phenoxy) is 4. The van der Waals surface area contributed by atoms with E-state index in [1.807, 2.05) is 66.1 Å². The lowest BCUT2D eigenvalue weighted by Gasteiger charge is -2.25.